The molecule has 2 heteroatoms. The van der Waals surface area contributed by atoms with E-state index >= 15 is 0 Å². The number of aliphatic hydroxyl groups is 2. The molecule has 0 amide bonds. The molecule has 0 saturated heterocycles. The normalized spacial score (nSPS) is 40.6. The average molecular weight is 397 g/mol. The minimum absolute atomic E-state index is 0.227. The Balaban J connectivity index is 1.47. The van der Waals surface area contributed by atoms with Gasteiger partial charge in [-0.05, 0) is 104 Å². The molecule has 4 aliphatic rings. The van der Waals surface area contributed by atoms with Crippen molar-refractivity contribution in [2.45, 2.75) is 90.3 Å². The summed E-state index contributed by atoms with van der Waals surface area (Å²) in [7, 11) is 0. The Bertz CT molecular complexity index is 710. The second-order valence-corrected chi connectivity index (χ2v) is 10.5. The van der Waals surface area contributed by atoms with Gasteiger partial charge in [0, 0.05) is 0 Å². The summed E-state index contributed by atoms with van der Waals surface area (Å²) in [5.74, 6) is 2.45. The molecule has 4 rings (SSSR count). The third kappa shape index (κ3) is 4.35. The van der Waals surface area contributed by atoms with Crippen molar-refractivity contribution in [3.05, 3.63) is 47.6 Å². The lowest BCUT2D eigenvalue weighted by molar-refractivity contribution is 0.111. The van der Waals surface area contributed by atoms with Gasteiger partial charge in [0.25, 0.3) is 0 Å². The second-order valence-electron chi connectivity index (χ2n) is 10.5. The number of hydrogen-bond donors (Lipinski definition) is 2. The van der Waals surface area contributed by atoms with Crippen molar-refractivity contribution in [3.8, 4) is 0 Å². The third-order valence-electron chi connectivity index (χ3n) is 8.63. The van der Waals surface area contributed by atoms with Crippen molar-refractivity contribution < 1.29 is 10.2 Å². The van der Waals surface area contributed by atoms with Crippen LogP contribution in [0.1, 0.15) is 78.1 Å². The van der Waals surface area contributed by atoms with Gasteiger partial charge in [-0.15, -0.1) is 0 Å². The predicted octanol–water partition coefficient (Wildman–Crippen LogP) is 6.12. The minimum atomic E-state index is -0.348. The highest BCUT2D eigenvalue weighted by atomic mass is 16.3. The van der Waals surface area contributed by atoms with Gasteiger partial charge in [-0.3, -0.25) is 0 Å². The summed E-state index contributed by atoms with van der Waals surface area (Å²) in [5.41, 5.74) is 4.18. The molecular weight excluding hydrogens is 356 g/mol. The van der Waals surface area contributed by atoms with Crippen molar-refractivity contribution in [1.82, 2.24) is 0 Å². The van der Waals surface area contributed by atoms with Crippen LogP contribution in [-0.2, 0) is 0 Å². The number of rotatable bonds is 5. The van der Waals surface area contributed by atoms with Gasteiger partial charge in [0.05, 0.1) is 12.2 Å². The van der Waals surface area contributed by atoms with E-state index in [1.165, 1.54) is 50.5 Å². The summed E-state index contributed by atoms with van der Waals surface area (Å²) in [6.07, 6.45) is 20.3. The van der Waals surface area contributed by atoms with Crippen LogP contribution >= 0.6 is 0 Å². The van der Waals surface area contributed by atoms with Gasteiger partial charge >= 0.3 is 0 Å². The highest BCUT2D eigenvalue weighted by molar-refractivity contribution is 5.37. The minimum Gasteiger partial charge on any atom is -0.389 e. The first-order chi connectivity index (χ1) is 13.9. The maximum Gasteiger partial charge on any atom is 0.0787 e. The zero-order valence-corrected chi connectivity index (χ0v) is 18.4. The van der Waals surface area contributed by atoms with Crippen molar-refractivity contribution in [2.75, 3.05) is 0 Å². The van der Waals surface area contributed by atoms with Crippen LogP contribution in [0.5, 0.6) is 0 Å². The average Bonchev–Trinajstić information content (AvgIpc) is 3.48. The third-order valence-corrected chi connectivity index (χ3v) is 8.63. The standard InChI is InChI=1S/C27H40O2/c1-18(9-16-26(29)22-12-13-22)23-14-15-24-21(7-5-17-27(23,24)3)11-10-20-6-4-8-25(28)19(20)2/h9-11,16,18,22-26,28-29H,2,4-8,12-15,17H2,1,3H3. The van der Waals surface area contributed by atoms with Crippen LogP contribution in [0.15, 0.2) is 47.6 Å². The Labute approximate surface area is 177 Å². The molecule has 4 aliphatic carbocycles. The van der Waals surface area contributed by atoms with Gasteiger partial charge in [-0.2, -0.15) is 0 Å². The zero-order valence-electron chi connectivity index (χ0n) is 18.4. The number of aliphatic hydroxyl groups excluding tert-OH is 2. The first kappa shape index (κ1) is 21.1. The fraction of sp³-hybridized carbons (Fsp3) is 0.704. The van der Waals surface area contributed by atoms with E-state index in [-0.39, 0.29) is 12.2 Å². The smallest absolute Gasteiger partial charge is 0.0787 e. The monoisotopic (exact) mass is 396 g/mol. The number of allylic oxidation sites excluding steroid dienone is 4. The van der Waals surface area contributed by atoms with Crippen LogP contribution in [0.2, 0.25) is 0 Å². The van der Waals surface area contributed by atoms with E-state index in [4.69, 9.17) is 0 Å². The van der Waals surface area contributed by atoms with E-state index in [1.54, 1.807) is 5.57 Å². The molecule has 0 radical (unpaired) electrons. The van der Waals surface area contributed by atoms with Gasteiger partial charge in [-0.25, -0.2) is 0 Å². The van der Waals surface area contributed by atoms with Gasteiger partial charge in [0.1, 0.15) is 0 Å². The van der Waals surface area contributed by atoms with E-state index in [9.17, 15) is 10.2 Å². The molecule has 0 bridgehead atoms. The lowest BCUT2D eigenvalue weighted by atomic mass is 9.61. The van der Waals surface area contributed by atoms with Crippen LogP contribution in [0.25, 0.3) is 0 Å². The van der Waals surface area contributed by atoms with Gasteiger partial charge < -0.3 is 10.2 Å². The molecule has 2 nitrogen and oxygen atoms in total. The molecule has 0 spiro atoms. The van der Waals surface area contributed by atoms with Crippen molar-refractivity contribution in [3.63, 3.8) is 0 Å². The first-order valence-corrected chi connectivity index (χ1v) is 12.0. The van der Waals surface area contributed by atoms with E-state index < -0.39 is 0 Å². The Morgan fingerprint density at radius 3 is 2.59 bits per heavy atom. The molecule has 4 fully saturated rings. The fourth-order valence-corrected chi connectivity index (χ4v) is 6.59. The topological polar surface area (TPSA) is 40.5 Å². The molecule has 0 heterocycles. The molecular formula is C27H40O2. The van der Waals surface area contributed by atoms with Crippen LogP contribution in [-0.4, -0.2) is 22.4 Å². The number of hydrogen-bond acceptors (Lipinski definition) is 2. The van der Waals surface area contributed by atoms with E-state index in [2.05, 4.69) is 44.7 Å². The van der Waals surface area contributed by atoms with E-state index in [0.717, 1.165) is 24.8 Å². The van der Waals surface area contributed by atoms with Crippen LogP contribution in [0.3, 0.4) is 0 Å². The van der Waals surface area contributed by atoms with Gasteiger partial charge in [-0.1, -0.05) is 50.3 Å². The van der Waals surface area contributed by atoms with Crippen molar-refractivity contribution in [1.29, 1.82) is 0 Å². The highest BCUT2D eigenvalue weighted by Gasteiger charge is 2.50. The highest BCUT2D eigenvalue weighted by Crippen LogP contribution is 2.59. The molecule has 0 aromatic carbocycles. The Kier molecular flexibility index (Phi) is 6.23. The van der Waals surface area contributed by atoms with E-state index in [1.807, 2.05) is 0 Å². The van der Waals surface area contributed by atoms with Crippen LogP contribution in [0, 0.1) is 29.1 Å². The summed E-state index contributed by atoms with van der Waals surface area (Å²) < 4.78 is 0. The quantitative estimate of drug-likeness (QED) is 0.550. The maximum absolute atomic E-state index is 10.2. The summed E-state index contributed by atoms with van der Waals surface area (Å²) in [6, 6.07) is 0. The first-order valence-electron chi connectivity index (χ1n) is 12.0. The van der Waals surface area contributed by atoms with Gasteiger partial charge in [0.2, 0.25) is 0 Å². The molecule has 29 heavy (non-hydrogen) atoms. The molecule has 0 aromatic heterocycles. The molecule has 6 unspecified atom stereocenters. The van der Waals surface area contributed by atoms with E-state index in [0.29, 0.717) is 29.1 Å². The predicted molar refractivity (Wildman–Crippen MR) is 120 cm³/mol. The Morgan fingerprint density at radius 1 is 1.03 bits per heavy atom. The Morgan fingerprint density at radius 2 is 1.83 bits per heavy atom. The zero-order chi connectivity index (χ0) is 20.6. The SMILES string of the molecule is C=C1C(=CC=C2CCCC3(C)C2CCC3C(C)C=CC(O)C2CC2)CCCC1O. The van der Waals surface area contributed by atoms with Crippen LogP contribution < -0.4 is 0 Å². The molecule has 2 N–H and O–H groups in total. The Hall–Kier alpha value is -1.12. The molecule has 6 atom stereocenters. The van der Waals surface area contributed by atoms with Crippen molar-refractivity contribution in [2.24, 2.45) is 29.1 Å². The lowest BCUT2D eigenvalue weighted by Gasteiger charge is -2.44. The molecule has 160 valence electrons. The van der Waals surface area contributed by atoms with Crippen LogP contribution in [0.4, 0.5) is 0 Å². The summed E-state index contributed by atoms with van der Waals surface area (Å²) in [5, 5.41) is 20.3. The van der Waals surface area contributed by atoms with Gasteiger partial charge in [0.15, 0.2) is 0 Å². The van der Waals surface area contributed by atoms with Crippen molar-refractivity contribution >= 4 is 0 Å². The number of fused-ring (bicyclic) bond motifs is 1. The summed E-state index contributed by atoms with van der Waals surface area (Å²) >= 11 is 0. The summed E-state index contributed by atoms with van der Waals surface area (Å²) in [4.78, 5) is 0. The fourth-order valence-electron chi connectivity index (χ4n) is 6.59. The second kappa shape index (κ2) is 8.55. The largest absolute Gasteiger partial charge is 0.389 e. The maximum atomic E-state index is 10.2. The summed E-state index contributed by atoms with van der Waals surface area (Å²) in [6.45, 7) is 9.02. The lowest BCUT2D eigenvalue weighted by Crippen LogP contribution is -2.35. The molecule has 0 aromatic rings. The molecule has 0 aliphatic heterocycles. The molecule has 4 saturated carbocycles.